The Balaban J connectivity index is 1.71. The Kier molecular flexibility index (Phi) is 4.29. The maximum atomic E-state index is 12.0. The highest BCUT2D eigenvalue weighted by Gasteiger charge is 2.25. The number of hydrogen-bond donors (Lipinski definition) is 1. The van der Waals surface area contributed by atoms with E-state index in [-0.39, 0.29) is 10.5 Å². The largest absolute Gasteiger partial charge is 0.454 e. The van der Waals surface area contributed by atoms with Crippen molar-refractivity contribution < 1.29 is 9.53 Å². The van der Waals surface area contributed by atoms with Gasteiger partial charge in [0, 0.05) is 12.6 Å². The van der Waals surface area contributed by atoms with Gasteiger partial charge in [0.2, 0.25) is 0 Å². The number of aromatic nitrogens is 2. The molecule has 2 atom stereocenters. The van der Waals surface area contributed by atoms with Crippen molar-refractivity contribution in [2.45, 2.75) is 18.6 Å². The summed E-state index contributed by atoms with van der Waals surface area (Å²) >= 11 is 3.10. The molecule has 2 aromatic rings. The third kappa shape index (κ3) is 3.34. The van der Waals surface area contributed by atoms with Gasteiger partial charge in [-0.3, -0.25) is 14.3 Å². The van der Waals surface area contributed by atoms with Crippen molar-refractivity contribution in [2.24, 2.45) is 0 Å². The predicted octanol–water partition coefficient (Wildman–Crippen LogP) is 2.03. The first-order chi connectivity index (χ1) is 11.0. The summed E-state index contributed by atoms with van der Waals surface area (Å²) in [7, 11) is 0. The number of H-pyrrole nitrogens is 1. The zero-order valence-corrected chi connectivity index (χ0v) is 13.5. The third-order valence-corrected chi connectivity index (χ3v) is 4.14. The molecule has 23 heavy (non-hydrogen) atoms. The number of allylic oxidation sites excluding steroid dienone is 1. The lowest BCUT2D eigenvalue weighted by Gasteiger charge is -2.15. The number of carbonyl (C=O) groups excluding carboxylic acids is 1. The van der Waals surface area contributed by atoms with Gasteiger partial charge in [0.25, 0.3) is 5.56 Å². The van der Waals surface area contributed by atoms with Crippen molar-refractivity contribution in [1.82, 2.24) is 9.55 Å². The summed E-state index contributed by atoms with van der Waals surface area (Å²) in [6.45, 7) is 0. The lowest BCUT2D eigenvalue weighted by atomic mass is 10.2. The average molecular weight is 377 g/mol. The van der Waals surface area contributed by atoms with Crippen LogP contribution >= 0.6 is 15.9 Å². The Morgan fingerprint density at radius 2 is 1.96 bits per heavy atom. The van der Waals surface area contributed by atoms with E-state index in [0.717, 1.165) is 0 Å². The highest BCUT2D eigenvalue weighted by Crippen LogP contribution is 2.25. The number of nitrogens with one attached hydrogen (secondary N) is 1. The Morgan fingerprint density at radius 3 is 2.70 bits per heavy atom. The zero-order valence-electron chi connectivity index (χ0n) is 11.9. The monoisotopic (exact) mass is 376 g/mol. The minimum atomic E-state index is -0.497. The van der Waals surface area contributed by atoms with Gasteiger partial charge in [-0.25, -0.2) is 9.59 Å². The number of halogens is 1. The molecule has 0 bridgehead atoms. The Morgan fingerprint density at radius 1 is 1.22 bits per heavy atom. The van der Waals surface area contributed by atoms with E-state index < -0.39 is 23.3 Å². The maximum absolute atomic E-state index is 12.0. The number of ether oxygens (including phenoxy) is 1. The molecule has 1 aromatic carbocycles. The molecular formula is C16H13BrN2O4. The number of benzene rings is 1. The number of nitrogens with zero attached hydrogens (tertiary/aromatic N) is 1. The zero-order chi connectivity index (χ0) is 16.4. The number of carbonyl (C=O) groups is 1. The van der Waals surface area contributed by atoms with E-state index in [0.29, 0.717) is 12.0 Å². The highest BCUT2D eigenvalue weighted by molar-refractivity contribution is 9.10. The molecule has 0 saturated heterocycles. The fraction of sp³-hybridized carbons (Fsp3) is 0.188. The van der Waals surface area contributed by atoms with Crippen molar-refractivity contribution in [3.63, 3.8) is 0 Å². The lowest BCUT2D eigenvalue weighted by molar-refractivity contribution is 0.0382. The molecule has 118 valence electrons. The summed E-state index contributed by atoms with van der Waals surface area (Å²) in [5.74, 6) is -0.407. The molecule has 0 aliphatic heterocycles. The number of rotatable bonds is 3. The molecule has 0 saturated carbocycles. The number of esters is 1. The van der Waals surface area contributed by atoms with Crippen LogP contribution in [0, 0.1) is 0 Å². The first-order valence-electron chi connectivity index (χ1n) is 7.00. The van der Waals surface area contributed by atoms with Crippen LogP contribution in [0.3, 0.4) is 0 Å². The van der Waals surface area contributed by atoms with Crippen LogP contribution in [0.5, 0.6) is 0 Å². The normalized spacial score (nSPS) is 19.7. The fourth-order valence-corrected chi connectivity index (χ4v) is 2.75. The van der Waals surface area contributed by atoms with Gasteiger partial charge in [0.1, 0.15) is 6.10 Å². The molecule has 6 nitrogen and oxygen atoms in total. The van der Waals surface area contributed by atoms with E-state index in [9.17, 15) is 14.4 Å². The van der Waals surface area contributed by atoms with Crippen molar-refractivity contribution in [1.29, 1.82) is 0 Å². The predicted molar refractivity (Wildman–Crippen MR) is 87.5 cm³/mol. The van der Waals surface area contributed by atoms with E-state index in [1.165, 1.54) is 10.8 Å². The van der Waals surface area contributed by atoms with Gasteiger partial charge in [-0.1, -0.05) is 24.3 Å². The molecule has 1 N–H and O–H groups in total. The minimum Gasteiger partial charge on any atom is -0.454 e. The third-order valence-electron chi connectivity index (χ3n) is 3.57. The smallest absolute Gasteiger partial charge is 0.338 e. The van der Waals surface area contributed by atoms with Gasteiger partial charge >= 0.3 is 11.7 Å². The summed E-state index contributed by atoms with van der Waals surface area (Å²) < 4.78 is 7.09. The van der Waals surface area contributed by atoms with Gasteiger partial charge < -0.3 is 4.74 Å². The number of aromatic amines is 1. The van der Waals surface area contributed by atoms with Crippen LogP contribution in [0.15, 0.2) is 62.7 Å². The van der Waals surface area contributed by atoms with E-state index in [4.69, 9.17) is 4.74 Å². The van der Waals surface area contributed by atoms with Crippen molar-refractivity contribution in [3.8, 4) is 0 Å². The van der Waals surface area contributed by atoms with Crippen LogP contribution in [-0.4, -0.2) is 21.6 Å². The summed E-state index contributed by atoms with van der Waals surface area (Å²) in [5.41, 5.74) is -0.489. The highest BCUT2D eigenvalue weighted by atomic mass is 79.9. The SMILES string of the molecule is O=C(O[C@@H]1C=C[C@H](n2cc(Br)c(=O)[nH]c2=O)C1)c1ccccc1. The summed E-state index contributed by atoms with van der Waals surface area (Å²) in [6, 6.07) is 8.44. The molecule has 7 heteroatoms. The molecular weight excluding hydrogens is 364 g/mol. The average Bonchev–Trinajstić information content (AvgIpc) is 3.00. The second-order valence-electron chi connectivity index (χ2n) is 5.14. The van der Waals surface area contributed by atoms with E-state index >= 15 is 0 Å². The van der Waals surface area contributed by atoms with Crippen LogP contribution in [-0.2, 0) is 4.74 Å². The van der Waals surface area contributed by atoms with Gasteiger partial charge in [-0.05, 0) is 34.1 Å². The van der Waals surface area contributed by atoms with Crippen LogP contribution in [0.1, 0.15) is 22.8 Å². The van der Waals surface area contributed by atoms with Crippen LogP contribution < -0.4 is 11.2 Å². The second kappa shape index (κ2) is 6.37. The van der Waals surface area contributed by atoms with E-state index in [1.54, 1.807) is 36.4 Å². The summed E-state index contributed by atoms with van der Waals surface area (Å²) in [4.78, 5) is 37.5. The molecule has 0 fully saturated rings. The Bertz CT molecular complexity index is 870. The van der Waals surface area contributed by atoms with E-state index in [1.807, 2.05) is 6.07 Å². The Hall–Kier alpha value is -2.41. The van der Waals surface area contributed by atoms with Crippen molar-refractivity contribution in [2.75, 3.05) is 0 Å². The van der Waals surface area contributed by atoms with Gasteiger partial charge in [-0.15, -0.1) is 0 Å². The molecule has 3 rings (SSSR count). The van der Waals surface area contributed by atoms with E-state index in [2.05, 4.69) is 20.9 Å². The molecule has 1 aliphatic rings. The quantitative estimate of drug-likeness (QED) is 0.656. The molecule has 1 aromatic heterocycles. The standard InChI is InChI=1S/C16H13BrN2O4/c17-13-9-19(16(22)18-14(13)20)11-6-7-12(8-11)23-15(21)10-4-2-1-3-5-10/h1-7,9,11-12H,8H2,(H,18,20,22)/t11-,12+/m0/s1. The number of hydrogen-bond acceptors (Lipinski definition) is 4. The summed E-state index contributed by atoms with van der Waals surface area (Å²) in [6.07, 6.45) is 5.01. The van der Waals surface area contributed by atoms with Gasteiger partial charge in [0.15, 0.2) is 0 Å². The van der Waals surface area contributed by atoms with Gasteiger partial charge in [-0.2, -0.15) is 0 Å². The van der Waals surface area contributed by atoms with Crippen molar-refractivity contribution in [3.05, 3.63) is 79.6 Å². The van der Waals surface area contributed by atoms with Crippen LogP contribution in [0.2, 0.25) is 0 Å². The first-order valence-corrected chi connectivity index (χ1v) is 7.79. The molecule has 0 spiro atoms. The fourth-order valence-electron chi connectivity index (χ4n) is 2.43. The summed E-state index contributed by atoms with van der Waals surface area (Å²) in [5, 5.41) is 0. The van der Waals surface area contributed by atoms with Crippen LogP contribution in [0.4, 0.5) is 0 Å². The lowest BCUT2D eigenvalue weighted by Crippen LogP contribution is -2.32. The molecule has 0 unspecified atom stereocenters. The topological polar surface area (TPSA) is 81.2 Å². The maximum Gasteiger partial charge on any atom is 0.338 e. The second-order valence-corrected chi connectivity index (χ2v) is 6.00. The Labute approximate surface area is 139 Å². The molecule has 1 aliphatic carbocycles. The molecule has 0 radical (unpaired) electrons. The molecule has 1 heterocycles. The van der Waals surface area contributed by atoms with Crippen LogP contribution in [0.25, 0.3) is 0 Å². The minimum absolute atomic E-state index is 0.273. The van der Waals surface area contributed by atoms with Gasteiger partial charge in [0.05, 0.1) is 16.1 Å². The van der Waals surface area contributed by atoms with Crippen molar-refractivity contribution >= 4 is 21.9 Å². The first kappa shape index (κ1) is 15.5. The molecule has 0 amide bonds.